The van der Waals surface area contributed by atoms with Crippen molar-refractivity contribution < 1.29 is 4.79 Å². The van der Waals surface area contributed by atoms with Gasteiger partial charge < -0.3 is 5.32 Å². The van der Waals surface area contributed by atoms with Crippen LogP contribution in [0.15, 0.2) is 36.0 Å². The summed E-state index contributed by atoms with van der Waals surface area (Å²) >= 11 is 1.30. The van der Waals surface area contributed by atoms with E-state index in [0.717, 1.165) is 11.3 Å². The fourth-order valence-electron chi connectivity index (χ4n) is 1.68. The van der Waals surface area contributed by atoms with Crippen molar-refractivity contribution in [3.05, 3.63) is 42.0 Å². The van der Waals surface area contributed by atoms with Crippen LogP contribution in [0.2, 0.25) is 0 Å². The zero-order valence-electron chi connectivity index (χ0n) is 12.0. The van der Waals surface area contributed by atoms with Gasteiger partial charge in [-0.1, -0.05) is 23.9 Å². The number of rotatable bonds is 6. The highest BCUT2D eigenvalue weighted by Gasteiger charge is 2.09. The van der Waals surface area contributed by atoms with E-state index in [1.807, 2.05) is 32.0 Å². The molecule has 0 bridgehead atoms. The molecule has 0 spiro atoms. The lowest BCUT2D eigenvalue weighted by Gasteiger charge is -2.07. The molecule has 2 aromatic rings. The van der Waals surface area contributed by atoms with E-state index in [1.54, 1.807) is 10.8 Å². The molecule has 1 heterocycles. The molecule has 0 fully saturated rings. The molecule has 1 amide bonds. The third-order valence-electron chi connectivity index (χ3n) is 2.92. The molecule has 110 valence electrons. The number of nitrogens with zero attached hydrogens (tertiary/aromatic N) is 4. The van der Waals surface area contributed by atoms with Crippen LogP contribution in [0.4, 0.5) is 5.69 Å². The molecule has 0 aliphatic rings. The number of tetrazole rings is 1. The molecule has 21 heavy (non-hydrogen) atoms. The Morgan fingerprint density at radius 1 is 1.43 bits per heavy atom. The van der Waals surface area contributed by atoms with Gasteiger partial charge in [0.15, 0.2) is 0 Å². The summed E-state index contributed by atoms with van der Waals surface area (Å²) in [5.74, 6) is 0.168. The first-order chi connectivity index (χ1) is 10.1. The molecule has 0 atom stereocenters. The fourth-order valence-corrected chi connectivity index (χ4v) is 2.37. The minimum absolute atomic E-state index is 0.0867. The molecule has 0 aliphatic heterocycles. The van der Waals surface area contributed by atoms with Crippen molar-refractivity contribution in [2.24, 2.45) is 0 Å². The van der Waals surface area contributed by atoms with Crippen LogP contribution in [0.25, 0.3) is 0 Å². The Hall–Kier alpha value is -2.15. The zero-order chi connectivity index (χ0) is 15.2. The van der Waals surface area contributed by atoms with Gasteiger partial charge in [0.2, 0.25) is 11.1 Å². The maximum Gasteiger partial charge on any atom is 0.234 e. The van der Waals surface area contributed by atoms with Crippen LogP contribution in [0.3, 0.4) is 0 Å². The van der Waals surface area contributed by atoms with Crippen LogP contribution in [-0.4, -0.2) is 31.9 Å². The number of hydrogen-bond acceptors (Lipinski definition) is 5. The summed E-state index contributed by atoms with van der Waals surface area (Å²) in [5.41, 5.74) is 3.15. The average molecular weight is 303 g/mol. The van der Waals surface area contributed by atoms with Crippen LogP contribution in [0, 0.1) is 13.8 Å². The van der Waals surface area contributed by atoms with Gasteiger partial charge in [-0.25, -0.2) is 4.68 Å². The summed E-state index contributed by atoms with van der Waals surface area (Å²) in [6, 6.07) is 5.84. The van der Waals surface area contributed by atoms with Gasteiger partial charge in [0.1, 0.15) is 0 Å². The number of carbonyl (C=O) groups is 1. The van der Waals surface area contributed by atoms with E-state index in [-0.39, 0.29) is 11.7 Å². The van der Waals surface area contributed by atoms with E-state index >= 15 is 0 Å². The van der Waals surface area contributed by atoms with Crippen molar-refractivity contribution in [1.82, 2.24) is 20.2 Å². The number of benzene rings is 1. The molecule has 2 rings (SSSR count). The predicted octanol–water partition coefficient (Wildman–Crippen LogP) is 2.21. The largest absolute Gasteiger partial charge is 0.325 e. The van der Waals surface area contributed by atoms with Gasteiger partial charge in [0.25, 0.3) is 0 Å². The maximum absolute atomic E-state index is 11.9. The number of anilines is 1. The number of nitrogens with one attached hydrogen (secondary N) is 1. The van der Waals surface area contributed by atoms with Gasteiger partial charge in [-0.15, -0.1) is 11.7 Å². The third-order valence-corrected chi connectivity index (χ3v) is 3.88. The van der Waals surface area contributed by atoms with Crippen molar-refractivity contribution in [2.75, 3.05) is 11.1 Å². The third kappa shape index (κ3) is 4.16. The Balaban J connectivity index is 1.91. The van der Waals surface area contributed by atoms with E-state index in [9.17, 15) is 4.79 Å². The first-order valence-electron chi connectivity index (χ1n) is 6.47. The van der Waals surface area contributed by atoms with E-state index < -0.39 is 0 Å². The van der Waals surface area contributed by atoms with Gasteiger partial charge in [0.05, 0.1) is 12.3 Å². The fraction of sp³-hybridized carbons (Fsp3) is 0.286. The van der Waals surface area contributed by atoms with Crippen LogP contribution < -0.4 is 5.32 Å². The summed E-state index contributed by atoms with van der Waals surface area (Å²) in [7, 11) is 0. The lowest BCUT2D eigenvalue weighted by atomic mass is 10.1. The number of hydrogen-bond donors (Lipinski definition) is 1. The highest BCUT2D eigenvalue weighted by molar-refractivity contribution is 7.99. The highest BCUT2D eigenvalue weighted by atomic mass is 32.2. The van der Waals surface area contributed by atoms with E-state index in [1.165, 1.54) is 17.3 Å². The number of aromatic nitrogens is 4. The van der Waals surface area contributed by atoms with Gasteiger partial charge >= 0.3 is 0 Å². The summed E-state index contributed by atoms with van der Waals surface area (Å²) in [5, 5.41) is 14.8. The highest BCUT2D eigenvalue weighted by Crippen LogP contribution is 2.16. The summed E-state index contributed by atoms with van der Waals surface area (Å²) in [6.45, 7) is 8.21. The monoisotopic (exact) mass is 303 g/mol. The van der Waals surface area contributed by atoms with Gasteiger partial charge in [0, 0.05) is 5.69 Å². The minimum atomic E-state index is -0.0867. The summed E-state index contributed by atoms with van der Waals surface area (Å²) in [4.78, 5) is 11.9. The minimum Gasteiger partial charge on any atom is -0.325 e. The number of allylic oxidation sites excluding steroid dienone is 1. The molecule has 0 aliphatic carbocycles. The Morgan fingerprint density at radius 2 is 2.24 bits per heavy atom. The SMILES string of the molecule is C=CCn1nnnc1SCC(=O)Nc1ccc(C)c(C)c1. The van der Waals surface area contributed by atoms with Crippen molar-refractivity contribution in [3.8, 4) is 0 Å². The molecular formula is C14H17N5OS. The van der Waals surface area contributed by atoms with Crippen molar-refractivity contribution in [1.29, 1.82) is 0 Å². The molecule has 1 N–H and O–H groups in total. The normalized spacial score (nSPS) is 10.4. The zero-order valence-corrected chi connectivity index (χ0v) is 12.9. The Labute approximate surface area is 127 Å². The second-order valence-corrected chi connectivity index (χ2v) is 5.51. The van der Waals surface area contributed by atoms with Crippen LogP contribution >= 0.6 is 11.8 Å². The number of thioether (sulfide) groups is 1. The molecule has 0 unspecified atom stereocenters. The van der Waals surface area contributed by atoms with Crippen molar-refractivity contribution >= 4 is 23.4 Å². The van der Waals surface area contributed by atoms with Crippen molar-refractivity contribution in [2.45, 2.75) is 25.5 Å². The second-order valence-electron chi connectivity index (χ2n) is 4.57. The van der Waals surface area contributed by atoms with Crippen LogP contribution in [0.5, 0.6) is 0 Å². The Kier molecular flexibility index (Phi) is 5.10. The molecule has 0 saturated carbocycles. The first-order valence-corrected chi connectivity index (χ1v) is 7.45. The van der Waals surface area contributed by atoms with Gasteiger partial charge in [-0.2, -0.15) is 0 Å². The first kappa shape index (κ1) is 15.2. The maximum atomic E-state index is 11.9. The lowest BCUT2D eigenvalue weighted by Crippen LogP contribution is -2.14. The van der Waals surface area contributed by atoms with E-state index in [2.05, 4.69) is 27.4 Å². The number of carbonyl (C=O) groups excluding carboxylic acids is 1. The molecule has 0 saturated heterocycles. The predicted molar refractivity (Wildman–Crippen MR) is 83.3 cm³/mol. The number of amides is 1. The molecule has 7 heteroatoms. The summed E-state index contributed by atoms with van der Waals surface area (Å²) in [6.07, 6.45) is 1.70. The van der Waals surface area contributed by atoms with E-state index in [0.29, 0.717) is 11.7 Å². The molecule has 1 aromatic heterocycles. The van der Waals surface area contributed by atoms with E-state index in [4.69, 9.17) is 0 Å². The van der Waals surface area contributed by atoms with Crippen LogP contribution in [0.1, 0.15) is 11.1 Å². The van der Waals surface area contributed by atoms with Gasteiger partial charge in [-0.05, 0) is 47.5 Å². The molecule has 6 nitrogen and oxygen atoms in total. The standard InChI is InChI=1S/C14H17N5OS/c1-4-7-19-14(16-17-18-19)21-9-13(20)15-12-6-5-10(2)11(3)8-12/h4-6,8H,1,7,9H2,2-3H3,(H,15,20). The quantitative estimate of drug-likeness (QED) is 0.654. The molecular weight excluding hydrogens is 286 g/mol. The van der Waals surface area contributed by atoms with Crippen molar-refractivity contribution in [3.63, 3.8) is 0 Å². The average Bonchev–Trinajstić information content (AvgIpc) is 2.89. The Bertz CT molecular complexity index is 653. The molecule has 1 aromatic carbocycles. The second kappa shape index (κ2) is 7.03. The van der Waals surface area contributed by atoms with Gasteiger partial charge in [-0.3, -0.25) is 4.79 Å². The topological polar surface area (TPSA) is 72.7 Å². The summed E-state index contributed by atoms with van der Waals surface area (Å²) < 4.78 is 1.60. The number of aryl methyl sites for hydroxylation is 2. The smallest absolute Gasteiger partial charge is 0.234 e. The Morgan fingerprint density at radius 3 is 2.95 bits per heavy atom. The molecule has 0 radical (unpaired) electrons. The van der Waals surface area contributed by atoms with Crippen LogP contribution in [-0.2, 0) is 11.3 Å². The lowest BCUT2D eigenvalue weighted by molar-refractivity contribution is -0.113.